The minimum absolute atomic E-state index is 0.0162. The molecule has 10 heteroatoms. The maximum absolute atomic E-state index is 13.8. The molecule has 41 heavy (non-hydrogen) atoms. The number of benzene rings is 1. The van der Waals surface area contributed by atoms with Crippen molar-refractivity contribution in [3.8, 4) is 11.5 Å². The zero-order valence-corrected chi connectivity index (χ0v) is 25.4. The largest absolute Gasteiger partial charge is 0.497 e. The van der Waals surface area contributed by atoms with Crippen LogP contribution in [0.1, 0.15) is 78.9 Å². The van der Waals surface area contributed by atoms with E-state index in [0.29, 0.717) is 26.1 Å². The van der Waals surface area contributed by atoms with Crippen LogP contribution in [0.25, 0.3) is 0 Å². The van der Waals surface area contributed by atoms with E-state index in [4.69, 9.17) is 18.9 Å². The molecule has 226 valence electrons. The standard InChI is InChI=1S/C31H45N3O7/c1-18(32-29(37)41-30(2,3)4)27(35)34-13-8-9-23(34)28(36)33-14-12-24-19(17-33)15-22-26(39-24)21-11-10-20(38-7)16-25(21)40-31(22,5)6/h10-11,16,18-19,22-24,26H,8-9,12-15,17H2,1-7H3,(H,32,37)/t18-,19-,22+,23-,24+,26-/m0/s1. The zero-order valence-electron chi connectivity index (χ0n) is 25.4. The molecule has 4 aliphatic heterocycles. The third-order valence-electron chi connectivity index (χ3n) is 8.94. The lowest BCUT2D eigenvalue weighted by molar-refractivity contribution is -0.189. The van der Waals surface area contributed by atoms with E-state index >= 15 is 0 Å². The van der Waals surface area contributed by atoms with Crippen molar-refractivity contribution in [2.24, 2.45) is 11.8 Å². The molecule has 0 spiro atoms. The normalized spacial score (nSPS) is 29.3. The zero-order chi connectivity index (χ0) is 29.7. The minimum atomic E-state index is -0.788. The SMILES string of the molecule is COc1ccc2c(c1)OC(C)(C)[C@@H]1C[C@H]3CN(C(=O)[C@@H]4CCCN4C(=O)[C@H](C)NC(=O)OC(C)(C)C)CC[C@H]3O[C@@H]21. The van der Waals surface area contributed by atoms with Crippen molar-refractivity contribution >= 4 is 17.9 Å². The monoisotopic (exact) mass is 571 g/mol. The Morgan fingerprint density at radius 1 is 1.15 bits per heavy atom. The van der Waals surface area contributed by atoms with Gasteiger partial charge in [0.2, 0.25) is 11.8 Å². The summed E-state index contributed by atoms with van der Waals surface area (Å²) in [5.74, 6) is 1.62. The summed E-state index contributed by atoms with van der Waals surface area (Å²) in [6.45, 7) is 12.9. The summed E-state index contributed by atoms with van der Waals surface area (Å²) in [7, 11) is 1.65. The number of carbonyl (C=O) groups excluding carboxylic acids is 3. The molecule has 1 N–H and O–H groups in total. The topological polar surface area (TPSA) is 107 Å². The Morgan fingerprint density at radius 2 is 1.90 bits per heavy atom. The summed E-state index contributed by atoms with van der Waals surface area (Å²) in [5.41, 5.74) is -0.0433. The number of hydrogen-bond donors (Lipinski definition) is 1. The van der Waals surface area contributed by atoms with Crippen LogP contribution in [0.5, 0.6) is 11.5 Å². The highest BCUT2D eigenvalue weighted by molar-refractivity contribution is 5.91. The number of carbonyl (C=O) groups is 3. The second-order valence-electron chi connectivity index (χ2n) is 13.4. The first-order valence-corrected chi connectivity index (χ1v) is 14.9. The Labute approximate surface area is 243 Å². The van der Waals surface area contributed by atoms with Crippen molar-refractivity contribution < 1.29 is 33.3 Å². The van der Waals surface area contributed by atoms with Crippen LogP contribution in [0.15, 0.2) is 18.2 Å². The lowest BCUT2D eigenvalue weighted by Crippen LogP contribution is -2.58. The number of alkyl carbamates (subject to hydrolysis) is 1. The van der Waals surface area contributed by atoms with E-state index in [1.165, 1.54) is 0 Å². The second-order valence-corrected chi connectivity index (χ2v) is 13.4. The Morgan fingerprint density at radius 3 is 2.61 bits per heavy atom. The van der Waals surface area contributed by atoms with E-state index in [0.717, 1.165) is 36.3 Å². The number of likely N-dealkylation sites (tertiary alicyclic amines) is 2. The highest BCUT2D eigenvalue weighted by atomic mass is 16.6. The Hall–Kier alpha value is -3.01. The maximum atomic E-state index is 13.8. The molecule has 0 bridgehead atoms. The van der Waals surface area contributed by atoms with Gasteiger partial charge in [0.15, 0.2) is 0 Å². The fourth-order valence-electron chi connectivity index (χ4n) is 6.90. The molecule has 0 aromatic heterocycles. The minimum Gasteiger partial charge on any atom is -0.497 e. The number of piperidine rings is 1. The molecule has 10 nitrogen and oxygen atoms in total. The van der Waals surface area contributed by atoms with Gasteiger partial charge in [0.25, 0.3) is 0 Å². The second kappa shape index (κ2) is 11.0. The molecule has 0 aliphatic carbocycles. The highest BCUT2D eigenvalue weighted by Crippen LogP contribution is 2.53. The van der Waals surface area contributed by atoms with Crippen LogP contribution in [0, 0.1) is 11.8 Å². The summed E-state index contributed by atoms with van der Waals surface area (Å²) in [6.07, 6.45) is 2.37. The van der Waals surface area contributed by atoms with Crippen molar-refractivity contribution in [2.45, 2.75) is 103 Å². The molecule has 0 radical (unpaired) electrons. The summed E-state index contributed by atoms with van der Waals surface area (Å²) in [4.78, 5) is 42.9. The number of fused-ring (bicyclic) bond motifs is 4. The molecular formula is C31H45N3O7. The van der Waals surface area contributed by atoms with E-state index in [9.17, 15) is 14.4 Å². The molecule has 3 saturated heterocycles. The van der Waals surface area contributed by atoms with Crippen molar-refractivity contribution in [1.82, 2.24) is 15.1 Å². The molecule has 4 aliphatic rings. The average Bonchev–Trinajstić information content (AvgIpc) is 3.39. The molecule has 6 atom stereocenters. The molecule has 5 rings (SSSR count). The van der Waals surface area contributed by atoms with Crippen molar-refractivity contribution in [1.29, 1.82) is 0 Å². The third kappa shape index (κ3) is 5.98. The lowest BCUT2D eigenvalue weighted by Gasteiger charge is -2.53. The molecule has 0 saturated carbocycles. The van der Waals surface area contributed by atoms with Gasteiger partial charge in [-0.3, -0.25) is 9.59 Å². The molecule has 3 amide bonds. The lowest BCUT2D eigenvalue weighted by atomic mass is 9.70. The molecule has 4 heterocycles. The van der Waals surface area contributed by atoms with Crippen LogP contribution in [-0.4, -0.2) is 83.8 Å². The van der Waals surface area contributed by atoms with Gasteiger partial charge in [0.1, 0.15) is 34.8 Å². The van der Waals surface area contributed by atoms with Crippen LogP contribution < -0.4 is 14.8 Å². The van der Waals surface area contributed by atoms with Crippen LogP contribution in [0.4, 0.5) is 4.79 Å². The van der Waals surface area contributed by atoms with Crippen LogP contribution in [0.3, 0.4) is 0 Å². The number of methoxy groups -OCH3 is 1. The number of nitrogens with one attached hydrogen (secondary N) is 1. The van der Waals surface area contributed by atoms with Gasteiger partial charge in [-0.1, -0.05) is 0 Å². The fourth-order valence-corrected chi connectivity index (χ4v) is 6.90. The van der Waals surface area contributed by atoms with E-state index < -0.39 is 29.4 Å². The highest BCUT2D eigenvalue weighted by Gasteiger charge is 2.52. The van der Waals surface area contributed by atoms with Gasteiger partial charge in [-0.05, 0) is 79.4 Å². The van der Waals surface area contributed by atoms with E-state index in [1.807, 2.05) is 23.1 Å². The van der Waals surface area contributed by atoms with Crippen molar-refractivity contribution in [2.75, 3.05) is 26.7 Å². The van der Waals surface area contributed by atoms with E-state index in [2.05, 4.69) is 19.2 Å². The van der Waals surface area contributed by atoms with Crippen molar-refractivity contribution in [3.63, 3.8) is 0 Å². The van der Waals surface area contributed by atoms with Gasteiger partial charge >= 0.3 is 6.09 Å². The van der Waals surface area contributed by atoms with Gasteiger partial charge in [-0.2, -0.15) is 0 Å². The quantitative estimate of drug-likeness (QED) is 0.581. The number of nitrogens with zero attached hydrogens (tertiary/aromatic N) is 2. The predicted octanol–water partition coefficient (Wildman–Crippen LogP) is 4.07. The number of rotatable bonds is 4. The van der Waals surface area contributed by atoms with Gasteiger partial charge in [-0.25, -0.2) is 4.79 Å². The molecule has 1 aromatic rings. The van der Waals surface area contributed by atoms with Crippen LogP contribution in [0.2, 0.25) is 0 Å². The van der Waals surface area contributed by atoms with Crippen LogP contribution >= 0.6 is 0 Å². The molecule has 3 fully saturated rings. The molecule has 1 aromatic carbocycles. The first-order chi connectivity index (χ1) is 19.3. The number of amides is 3. The first kappa shape index (κ1) is 29.5. The Balaban J connectivity index is 1.24. The molecular weight excluding hydrogens is 526 g/mol. The average molecular weight is 572 g/mol. The van der Waals surface area contributed by atoms with E-state index in [-0.39, 0.29) is 35.9 Å². The Kier molecular flexibility index (Phi) is 7.91. The van der Waals surface area contributed by atoms with Crippen molar-refractivity contribution in [3.05, 3.63) is 23.8 Å². The fraction of sp³-hybridized carbons (Fsp3) is 0.710. The Bertz CT molecular complexity index is 1180. The third-order valence-corrected chi connectivity index (χ3v) is 8.94. The van der Waals surface area contributed by atoms with Gasteiger partial charge < -0.3 is 34.1 Å². The number of hydrogen-bond acceptors (Lipinski definition) is 7. The summed E-state index contributed by atoms with van der Waals surface area (Å²) < 4.78 is 23.9. The van der Waals surface area contributed by atoms with Gasteiger partial charge in [-0.15, -0.1) is 0 Å². The summed E-state index contributed by atoms with van der Waals surface area (Å²) >= 11 is 0. The van der Waals surface area contributed by atoms with Crippen LogP contribution in [-0.2, 0) is 19.1 Å². The first-order valence-electron chi connectivity index (χ1n) is 14.9. The van der Waals surface area contributed by atoms with Gasteiger partial charge in [0, 0.05) is 43.1 Å². The number of ether oxygens (including phenoxy) is 4. The maximum Gasteiger partial charge on any atom is 0.408 e. The summed E-state index contributed by atoms with van der Waals surface area (Å²) in [5, 5.41) is 2.62. The summed E-state index contributed by atoms with van der Waals surface area (Å²) in [6, 6.07) is 4.62. The van der Waals surface area contributed by atoms with Gasteiger partial charge in [0.05, 0.1) is 19.3 Å². The smallest absolute Gasteiger partial charge is 0.408 e. The predicted molar refractivity (Wildman–Crippen MR) is 152 cm³/mol. The molecule has 0 unspecified atom stereocenters. The van der Waals surface area contributed by atoms with E-state index in [1.54, 1.807) is 39.7 Å².